The van der Waals surface area contributed by atoms with Gasteiger partial charge in [0.1, 0.15) is 11.9 Å². The summed E-state index contributed by atoms with van der Waals surface area (Å²) in [5.74, 6) is 1.63. The van der Waals surface area contributed by atoms with E-state index >= 15 is 0 Å². The fraction of sp³-hybridized carbons (Fsp3) is 0.692. The number of rotatable bonds is 3. The fourth-order valence-electron chi connectivity index (χ4n) is 2.16. The summed E-state index contributed by atoms with van der Waals surface area (Å²) in [7, 11) is 1.87. The van der Waals surface area contributed by atoms with E-state index in [0.29, 0.717) is 6.04 Å². The third-order valence-electron chi connectivity index (χ3n) is 3.24. The van der Waals surface area contributed by atoms with Crippen molar-refractivity contribution in [1.82, 2.24) is 14.9 Å². The molecule has 1 aromatic rings. The zero-order valence-electron chi connectivity index (χ0n) is 11.6. The minimum Gasteiger partial charge on any atom is -0.373 e. The molecule has 1 aliphatic rings. The van der Waals surface area contributed by atoms with E-state index < -0.39 is 0 Å². The number of hydrogen-bond donors (Lipinski definition) is 1. The number of anilines is 1. The molecule has 0 radical (unpaired) electrons. The number of aryl methyl sites for hydroxylation is 1. The smallest absolute Gasteiger partial charge is 0.161 e. The predicted octanol–water partition coefficient (Wildman–Crippen LogP) is 1.61. The first-order valence-electron chi connectivity index (χ1n) is 6.49. The second-order valence-electron chi connectivity index (χ2n) is 4.95. The summed E-state index contributed by atoms with van der Waals surface area (Å²) in [5, 5.41) is 3.06. The molecular formula is C13H22N4O. The first-order valence-corrected chi connectivity index (χ1v) is 6.49. The van der Waals surface area contributed by atoms with Crippen LogP contribution in [0.4, 0.5) is 5.82 Å². The van der Waals surface area contributed by atoms with Gasteiger partial charge in [0, 0.05) is 37.9 Å². The minimum atomic E-state index is -0.0202. The van der Waals surface area contributed by atoms with Crippen molar-refractivity contribution in [2.24, 2.45) is 0 Å². The van der Waals surface area contributed by atoms with Gasteiger partial charge in [-0.1, -0.05) is 0 Å². The van der Waals surface area contributed by atoms with Crippen molar-refractivity contribution in [1.29, 1.82) is 0 Å². The van der Waals surface area contributed by atoms with Gasteiger partial charge < -0.3 is 10.1 Å². The van der Waals surface area contributed by atoms with Crippen LogP contribution in [0.5, 0.6) is 0 Å². The molecule has 0 aliphatic carbocycles. The van der Waals surface area contributed by atoms with Gasteiger partial charge in [0.2, 0.25) is 0 Å². The molecule has 0 spiro atoms. The number of hydrogen-bond acceptors (Lipinski definition) is 5. The Bertz CT molecular complexity index is 408. The van der Waals surface area contributed by atoms with Crippen molar-refractivity contribution < 1.29 is 4.74 Å². The highest BCUT2D eigenvalue weighted by Crippen LogP contribution is 2.22. The maximum atomic E-state index is 5.80. The second-order valence-corrected chi connectivity index (χ2v) is 4.95. The molecule has 1 aliphatic heterocycles. The lowest BCUT2D eigenvalue weighted by Gasteiger charge is -2.34. The number of aromatic nitrogens is 2. The van der Waals surface area contributed by atoms with Crippen LogP contribution in [-0.4, -0.2) is 47.7 Å². The topological polar surface area (TPSA) is 50.3 Å². The van der Waals surface area contributed by atoms with E-state index in [1.807, 2.05) is 20.0 Å². The first-order chi connectivity index (χ1) is 8.60. The average molecular weight is 250 g/mol. The lowest BCUT2D eigenvalue weighted by Crippen LogP contribution is -2.42. The molecule has 18 heavy (non-hydrogen) atoms. The summed E-state index contributed by atoms with van der Waals surface area (Å²) in [6.07, 6.45) is -0.0202. The molecule has 2 heterocycles. The molecule has 1 N–H and O–H groups in total. The Morgan fingerprint density at radius 1 is 1.44 bits per heavy atom. The Hall–Kier alpha value is -1.20. The van der Waals surface area contributed by atoms with E-state index in [1.54, 1.807) is 0 Å². The van der Waals surface area contributed by atoms with Crippen LogP contribution < -0.4 is 5.32 Å². The van der Waals surface area contributed by atoms with Crippen LogP contribution in [0.15, 0.2) is 6.07 Å². The monoisotopic (exact) mass is 250 g/mol. The average Bonchev–Trinajstić information content (AvgIpc) is 2.38. The molecule has 0 amide bonds. The molecule has 1 saturated heterocycles. The lowest BCUT2D eigenvalue weighted by molar-refractivity contribution is -0.0442. The van der Waals surface area contributed by atoms with Crippen molar-refractivity contribution in [3.8, 4) is 0 Å². The molecule has 2 rings (SSSR count). The normalized spacial score (nSPS) is 21.3. The summed E-state index contributed by atoms with van der Waals surface area (Å²) in [6, 6.07) is 2.47. The molecule has 1 unspecified atom stereocenters. The van der Waals surface area contributed by atoms with Gasteiger partial charge in [-0.2, -0.15) is 0 Å². The predicted molar refractivity (Wildman–Crippen MR) is 71.7 cm³/mol. The van der Waals surface area contributed by atoms with Gasteiger partial charge >= 0.3 is 0 Å². The highest BCUT2D eigenvalue weighted by atomic mass is 16.5. The first kappa shape index (κ1) is 13.2. The lowest BCUT2D eigenvalue weighted by atomic mass is 10.2. The molecule has 100 valence electrons. The summed E-state index contributed by atoms with van der Waals surface area (Å²) >= 11 is 0. The third-order valence-corrected chi connectivity index (χ3v) is 3.24. The summed E-state index contributed by atoms with van der Waals surface area (Å²) in [4.78, 5) is 11.4. The van der Waals surface area contributed by atoms with Gasteiger partial charge in [0.15, 0.2) is 5.82 Å². The Morgan fingerprint density at radius 2 is 2.22 bits per heavy atom. The van der Waals surface area contributed by atoms with Crippen molar-refractivity contribution in [3.05, 3.63) is 17.6 Å². The Kier molecular flexibility index (Phi) is 4.14. The molecule has 1 fully saturated rings. The summed E-state index contributed by atoms with van der Waals surface area (Å²) in [5.41, 5.74) is 0.967. The van der Waals surface area contributed by atoms with E-state index in [2.05, 4.69) is 34.0 Å². The van der Waals surface area contributed by atoms with Crippen LogP contribution in [-0.2, 0) is 4.74 Å². The van der Waals surface area contributed by atoms with E-state index in [4.69, 9.17) is 4.74 Å². The van der Waals surface area contributed by atoms with Crippen LogP contribution in [0.25, 0.3) is 0 Å². The highest BCUT2D eigenvalue weighted by molar-refractivity contribution is 5.35. The number of morpholine rings is 1. The zero-order chi connectivity index (χ0) is 13.1. The van der Waals surface area contributed by atoms with Crippen molar-refractivity contribution >= 4 is 5.82 Å². The summed E-state index contributed by atoms with van der Waals surface area (Å²) in [6.45, 7) is 8.99. The fourth-order valence-corrected chi connectivity index (χ4v) is 2.16. The minimum absolute atomic E-state index is 0.0202. The highest BCUT2D eigenvalue weighted by Gasteiger charge is 2.25. The largest absolute Gasteiger partial charge is 0.373 e. The molecule has 1 atom stereocenters. The molecule has 0 saturated carbocycles. The van der Waals surface area contributed by atoms with Crippen LogP contribution in [0.3, 0.4) is 0 Å². The summed E-state index contributed by atoms with van der Waals surface area (Å²) < 4.78 is 5.80. The molecule has 5 heteroatoms. The van der Waals surface area contributed by atoms with Crippen LogP contribution in [0.2, 0.25) is 0 Å². The van der Waals surface area contributed by atoms with Crippen molar-refractivity contribution in [3.63, 3.8) is 0 Å². The Balaban J connectivity index is 2.17. The van der Waals surface area contributed by atoms with Gasteiger partial charge in [0.05, 0.1) is 6.61 Å². The van der Waals surface area contributed by atoms with Gasteiger partial charge in [-0.05, 0) is 20.8 Å². The van der Waals surface area contributed by atoms with E-state index in [-0.39, 0.29) is 6.10 Å². The second kappa shape index (κ2) is 5.63. The Labute approximate surface area is 109 Å². The van der Waals surface area contributed by atoms with Gasteiger partial charge in [-0.15, -0.1) is 0 Å². The maximum Gasteiger partial charge on any atom is 0.161 e. The molecule has 0 bridgehead atoms. The van der Waals surface area contributed by atoms with Gasteiger partial charge in [-0.25, -0.2) is 9.97 Å². The van der Waals surface area contributed by atoms with Crippen molar-refractivity contribution in [2.45, 2.75) is 32.9 Å². The molecular weight excluding hydrogens is 228 g/mol. The Morgan fingerprint density at radius 3 is 2.89 bits per heavy atom. The number of nitrogens with one attached hydrogen (secondary N) is 1. The molecule has 1 aromatic heterocycles. The van der Waals surface area contributed by atoms with E-state index in [9.17, 15) is 0 Å². The number of ether oxygens (including phenoxy) is 1. The quantitative estimate of drug-likeness (QED) is 0.883. The van der Waals surface area contributed by atoms with Crippen molar-refractivity contribution in [2.75, 3.05) is 32.1 Å². The van der Waals surface area contributed by atoms with Crippen LogP contribution in [0.1, 0.15) is 31.5 Å². The SMILES string of the molecule is CNc1cc(C)nc(C2CN(C(C)C)CCO2)n1. The number of nitrogens with zero attached hydrogens (tertiary/aromatic N) is 3. The standard InChI is InChI=1S/C13H22N4O/c1-9(2)17-5-6-18-11(8-17)13-15-10(3)7-12(14-4)16-13/h7,9,11H,5-6,8H2,1-4H3,(H,14,15,16). The molecule has 0 aromatic carbocycles. The third kappa shape index (κ3) is 2.97. The van der Waals surface area contributed by atoms with Crippen LogP contribution in [0, 0.1) is 6.92 Å². The van der Waals surface area contributed by atoms with Gasteiger partial charge in [-0.3, -0.25) is 4.90 Å². The van der Waals surface area contributed by atoms with E-state index in [1.165, 1.54) is 0 Å². The van der Waals surface area contributed by atoms with Crippen LogP contribution >= 0.6 is 0 Å². The zero-order valence-corrected chi connectivity index (χ0v) is 11.6. The van der Waals surface area contributed by atoms with E-state index in [0.717, 1.165) is 37.0 Å². The van der Waals surface area contributed by atoms with Gasteiger partial charge in [0.25, 0.3) is 0 Å². The maximum absolute atomic E-state index is 5.80. The molecule has 5 nitrogen and oxygen atoms in total.